The summed E-state index contributed by atoms with van der Waals surface area (Å²) < 4.78 is 22.9. The molecule has 0 aromatic heterocycles. The summed E-state index contributed by atoms with van der Waals surface area (Å²) in [5.74, 6) is -0.597. The molecule has 13 nitrogen and oxygen atoms in total. The fourth-order valence-electron chi connectivity index (χ4n) is 7.94. The Kier molecular flexibility index (Phi) is 36.0. The van der Waals surface area contributed by atoms with Gasteiger partial charge in [0.15, 0.2) is 0 Å². The molecule has 1 amide bonds. The fraction of sp³-hybridized carbons (Fsp3) is 0.896. The Hall–Kier alpha value is -1.22. The zero-order valence-electron chi connectivity index (χ0n) is 38.8. The first kappa shape index (κ1) is 58.8. The SMILES string of the molecule is CCCCCCCCCCC/C=C\CCCCCCCC(O)CC(=O)NC(COP(=O)(O)OC1C(O)C(O)C(O)C(O)C1O)C(O)/C=C/CCCCCCCCCCCCCC. The van der Waals surface area contributed by atoms with Crippen LogP contribution in [0.5, 0.6) is 0 Å². The number of amides is 1. The molecule has 0 radical (unpaired) electrons. The molecule has 1 saturated carbocycles. The van der Waals surface area contributed by atoms with E-state index in [1.54, 1.807) is 6.08 Å². The van der Waals surface area contributed by atoms with E-state index in [9.17, 15) is 50.0 Å². The van der Waals surface area contributed by atoms with Crippen molar-refractivity contribution in [1.82, 2.24) is 5.32 Å². The summed E-state index contributed by atoms with van der Waals surface area (Å²) in [6, 6.07) is -1.24. The third-order valence-electron chi connectivity index (χ3n) is 12.0. The van der Waals surface area contributed by atoms with Crippen LogP contribution < -0.4 is 5.32 Å². The fourth-order valence-corrected chi connectivity index (χ4v) is 8.91. The van der Waals surface area contributed by atoms with E-state index in [1.165, 1.54) is 122 Å². The van der Waals surface area contributed by atoms with Crippen molar-refractivity contribution in [2.45, 2.75) is 268 Å². The van der Waals surface area contributed by atoms with Crippen molar-refractivity contribution in [3.8, 4) is 0 Å². The number of phosphoric acid groups is 1. The van der Waals surface area contributed by atoms with Gasteiger partial charge in [-0.1, -0.05) is 186 Å². The minimum atomic E-state index is -5.14. The van der Waals surface area contributed by atoms with Crippen LogP contribution in [-0.2, 0) is 18.4 Å². The van der Waals surface area contributed by atoms with E-state index in [-0.39, 0.29) is 6.42 Å². The van der Waals surface area contributed by atoms with E-state index in [4.69, 9.17) is 9.05 Å². The van der Waals surface area contributed by atoms with E-state index >= 15 is 0 Å². The molecule has 62 heavy (non-hydrogen) atoms. The van der Waals surface area contributed by atoms with Crippen molar-refractivity contribution in [3.05, 3.63) is 24.3 Å². The molecule has 1 fully saturated rings. The average molecular weight is 906 g/mol. The third-order valence-corrected chi connectivity index (χ3v) is 13.0. The minimum absolute atomic E-state index is 0.249. The highest BCUT2D eigenvalue weighted by Crippen LogP contribution is 2.47. The summed E-state index contributed by atoms with van der Waals surface area (Å²) in [6.07, 6.45) is 28.3. The standard InChI is InChI=1S/C48H92NO12P/c1-3-5-7-9-11-13-15-17-19-20-21-22-23-25-27-29-31-33-35-39(50)37-42(52)49-40(38-60-62(58,59)61-48-46(56)44(54)43(53)45(55)47(48)57)41(51)36-34-32-30-28-26-24-18-16-14-12-10-8-6-4-2/h21-22,34,36,39-41,43-48,50-51,53-57H,3-20,23-33,35,37-38H2,1-2H3,(H,49,52)(H,58,59)/b22-21-,36-34+. The summed E-state index contributed by atoms with van der Waals surface area (Å²) in [7, 11) is -5.14. The van der Waals surface area contributed by atoms with Crippen molar-refractivity contribution in [3.63, 3.8) is 0 Å². The molecule has 8 atom stereocenters. The Morgan fingerprint density at radius 1 is 0.565 bits per heavy atom. The second kappa shape index (κ2) is 37.9. The van der Waals surface area contributed by atoms with Crippen LogP contribution in [0.4, 0.5) is 0 Å². The Morgan fingerprint density at radius 3 is 1.37 bits per heavy atom. The number of aliphatic hydroxyl groups is 7. The molecular weight excluding hydrogens is 813 g/mol. The number of rotatable bonds is 41. The molecule has 14 heteroatoms. The Bertz CT molecular complexity index is 1160. The summed E-state index contributed by atoms with van der Waals surface area (Å²) in [6.45, 7) is 3.74. The summed E-state index contributed by atoms with van der Waals surface area (Å²) >= 11 is 0. The van der Waals surface area contributed by atoms with Crippen molar-refractivity contribution in [2.24, 2.45) is 0 Å². The topological polar surface area (TPSA) is 226 Å². The van der Waals surface area contributed by atoms with Crippen molar-refractivity contribution in [2.75, 3.05) is 6.61 Å². The summed E-state index contributed by atoms with van der Waals surface area (Å²) in [4.78, 5) is 23.5. The largest absolute Gasteiger partial charge is 0.472 e. The molecule has 8 unspecified atom stereocenters. The molecule has 0 aromatic carbocycles. The molecule has 1 rings (SSSR count). The van der Waals surface area contributed by atoms with Crippen LogP contribution in [0.25, 0.3) is 0 Å². The normalized spacial score (nSPS) is 23.2. The summed E-state index contributed by atoms with van der Waals surface area (Å²) in [5, 5.41) is 74.5. The molecular formula is C48H92NO12P. The maximum atomic E-state index is 13.0. The van der Waals surface area contributed by atoms with Gasteiger partial charge >= 0.3 is 7.82 Å². The van der Waals surface area contributed by atoms with Gasteiger partial charge in [0.05, 0.1) is 31.3 Å². The second-order valence-electron chi connectivity index (χ2n) is 17.8. The Balaban J connectivity index is 2.50. The first-order valence-electron chi connectivity index (χ1n) is 24.9. The predicted octanol–water partition coefficient (Wildman–Crippen LogP) is 8.76. The number of nitrogens with one attached hydrogen (secondary N) is 1. The molecule has 366 valence electrons. The van der Waals surface area contributed by atoms with Crippen LogP contribution >= 0.6 is 7.82 Å². The smallest absolute Gasteiger partial charge is 0.393 e. The average Bonchev–Trinajstić information content (AvgIpc) is 3.24. The quantitative estimate of drug-likeness (QED) is 0.0159. The first-order chi connectivity index (χ1) is 29.8. The van der Waals surface area contributed by atoms with Crippen LogP contribution in [0.2, 0.25) is 0 Å². The van der Waals surface area contributed by atoms with Crippen LogP contribution in [0.1, 0.15) is 213 Å². The lowest BCUT2D eigenvalue weighted by molar-refractivity contribution is -0.220. The number of carbonyl (C=O) groups is 1. The second-order valence-corrected chi connectivity index (χ2v) is 19.3. The van der Waals surface area contributed by atoms with Gasteiger partial charge in [0, 0.05) is 0 Å². The zero-order valence-corrected chi connectivity index (χ0v) is 39.7. The highest BCUT2D eigenvalue weighted by Gasteiger charge is 2.51. The number of allylic oxidation sites excluding steroid dienone is 3. The Morgan fingerprint density at radius 2 is 0.935 bits per heavy atom. The number of unbranched alkanes of at least 4 members (excludes halogenated alkanes) is 26. The molecule has 0 bridgehead atoms. The molecule has 0 aliphatic heterocycles. The van der Waals surface area contributed by atoms with Gasteiger partial charge in [0.2, 0.25) is 5.91 Å². The van der Waals surface area contributed by atoms with Gasteiger partial charge in [-0.15, -0.1) is 0 Å². The minimum Gasteiger partial charge on any atom is -0.393 e. The van der Waals surface area contributed by atoms with Gasteiger partial charge in [-0.05, 0) is 44.9 Å². The monoisotopic (exact) mass is 906 g/mol. The maximum Gasteiger partial charge on any atom is 0.472 e. The molecule has 1 aliphatic rings. The first-order valence-corrected chi connectivity index (χ1v) is 26.4. The van der Waals surface area contributed by atoms with Gasteiger partial charge < -0.3 is 46.0 Å². The maximum absolute atomic E-state index is 13.0. The van der Waals surface area contributed by atoms with Gasteiger partial charge in [-0.3, -0.25) is 13.8 Å². The van der Waals surface area contributed by atoms with E-state index in [0.29, 0.717) is 12.8 Å². The van der Waals surface area contributed by atoms with Gasteiger partial charge in [-0.25, -0.2) is 4.57 Å². The predicted molar refractivity (Wildman–Crippen MR) is 247 cm³/mol. The van der Waals surface area contributed by atoms with E-state index in [2.05, 4.69) is 31.3 Å². The highest BCUT2D eigenvalue weighted by molar-refractivity contribution is 7.47. The summed E-state index contributed by atoms with van der Waals surface area (Å²) in [5.41, 5.74) is 0. The van der Waals surface area contributed by atoms with Gasteiger partial charge in [0.25, 0.3) is 0 Å². The van der Waals surface area contributed by atoms with E-state index in [1.807, 2.05) is 0 Å². The van der Waals surface area contributed by atoms with Crippen molar-refractivity contribution < 1.29 is 59.0 Å². The van der Waals surface area contributed by atoms with Crippen LogP contribution in [0, 0.1) is 0 Å². The zero-order chi connectivity index (χ0) is 45.9. The Labute approximate surface area is 375 Å². The molecule has 0 saturated heterocycles. The number of phosphoric ester groups is 1. The molecule has 1 aliphatic carbocycles. The lowest BCUT2D eigenvalue weighted by Crippen LogP contribution is -2.64. The van der Waals surface area contributed by atoms with Crippen LogP contribution in [0.15, 0.2) is 24.3 Å². The molecule has 0 aromatic rings. The number of hydrogen-bond acceptors (Lipinski definition) is 11. The molecule has 0 spiro atoms. The van der Waals surface area contributed by atoms with E-state index < -0.39 is 75.2 Å². The number of carbonyl (C=O) groups excluding carboxylic acids is 1. The van der Waals surface area contributed by atoms with Gasteiger partial charge in [-0.2, -0.15) is 0 Å². The number of hydrogen-bond donors (Lipinski definition) is 9. The number of aliphatic hydroxyl groups excluding tert-OH is 7. The third kappa shape index (κ3) is 29.3. The highest BCUT2D eigenvalue weighted by atomic mass is 31.2. The van der Waals surface area contributed by atoms with Gasteiger partial charge in [0.1, 0.15) is 36.6 Å². The van der Waals surface area contributed by atoms with Crippen LogP contribution in [0.3, 0.4) is 0 Å². The lowest BCUT2D eigenvalue weighted by atomic mass is 9.85. The lowest BCUT2D eigenvalue weighted by Gasteiger charge is -2.41. The van der Waals surface area contributed by atoms with Crippen molar-refractivity contribution in [1.29, 1.82) is 0 Å². The van der Waals surface area contributed by atoms with E-state index in [0.717, 1.165) is 64.2 Å². The molecule has 0 heterocycles. The molecule has 9 N–H and O–H groups in total. The van der Waals surface area contributed by atoms with Crippen LogP contribution in [-0.4, -0.2) is 108 Å². The van der Waals surface area contributed by atoms with Crippen molar-refractivity contribution >= 4 is 13.7 Å².